The molecule has 3 rings (SSSR count). The van der Waals surface area contributed by atoms with Crippen LogP contribution in [0.2, 0.25) is 0 Å². The van der Waals surface area contributed by atoms with Crippen molar-refractivity contribution in [2.75, 3.05) is 35.0 Å². The van der Waals surface area contributed by atoms with Crippen molar-refractivity contribution in [3.63, 3.8) is 0 Å². The van der Waals surface area contributed by atoms with Gasteiger partial charge in [-0.25, -0.2) is 0 Å². The van der Waals surface area contributed by atoms with E-state index in [0.29, 0.717) is 42.4 Å². The zero-order valence-corrected chi connectivity index (χ0v) is 20.8. The summed E-state index contributed by atoms with van der Waals surface area (Å²) in [6.07, 6.45) is 1.25. The number of hydrogen-bond acceptors (Lipinski definition) is 6. The Kier molecular flexibility index (Phi) is 7.59. The third kappa shape index (κ3) is 5.05. The van der Waals surface area contributed by atoms with Crippen LogP contribution in [0.25, 0.3) is 0 Å². The Bertz CT molecular complexity index is 1070. The number of primary amides is 1. The van der Waals surface area contributed by atoms with Gasteiger partial charge in [-0.05, 0) is 53.8 Å². The Labute approximate surface area is 200 Å². The van der Waals surface area contributed by atoms with E-state index in [1.54, 1.807) is 42.3 Å². The number of nitrogens with zero attached hydrogens (tertiary/aromatic N) is 1. The zero-order chi connectivity index (χ0) is 25.0. The molecular weight excluding hydrogens is 436 g/mol. The fraction of sp³-hybridized carbons (Fsp3) is 0.462. The lowest BCUT2D eigenvalue weighted by molar-refractivity contribution is -0.140. The quantitative estimate of drug-likeness (QED) is 0.604. The van der Waals surface area contributed by atoms with Gasteiger partial charge in [0.05, 0.1) is 39.9 Å². The molecule has 184 valence electrons. The Balaban J connectivity index is 2.05. The highest BCUT2D eigenvalue weighted by Gasteiger charge is 2.36. The summed E-state index contributed by atoms with van der Waals surface area (Å²) in [4.78, 5) is 27.2. The minimum atomic E-state index is -0.942. The smallest absolute Gasteiger partial charge is 0.224 e. The van der Waals surface area contributed by atoms with E-state index < -0.39 is 11.3 Å². The first-order valence-corrected chi connectivity index (χ1v) is 11.2. The van der Waals surface area contributed by atoms with Gasteiger partial charge < -0.3 is 29.6 Å². The Hall–Kier alpha value is -3.42. The van der Waals surface area contributed by atoms with E-state index in [0.717, 1.165) is 16.7 Å². The lowest BCUT2D eigenvalue weighted by Gasteiger charge is -2.39. The van der Waals surface area contributed by atoms with Gasteiger partial charge in [0, 0.05) is 13.0 Å². The minimum absolute atomic E-state index is 0.0351. The third-order valence-corrected chi connectivity index (χ3v) is 6.46. The molecule has 0 fully saturated rings. The molecule has 0 saturated heterocycles. The summed E-state index contributed by atoms with van der Waals surface area (Å²) in [5, 5.41) is 0. The molecule has 2 aromatic rings. The molecule has 0 aliphatic carbocycles. The van der Waals surface area contributed by atoms with Crippen molar-refractivity contribution in [1.82, 2.24) is 4.90 Å². The maximum Gasteiger partial charge on any atom is 0.224 e. The number of carbonyl (C=O) groups is 2. The highest BCUT2D eigenvalue weighted by Crippen LogP contribution is 2.41. The molecule has 0 radical (unpaired) electrons. The largest absolute Gasteiger partial charge is 0.493 e. The van der Waals surface area contributed by atoms with Crippen molar-refractivity contribution in [3.05, 3.63) is 47.0 Å². The minimum Gasteiger partial charge on any atom is -0.493 e. The number of nitrogens with two attached hydrogens (primary N) is 1. The van der Waals surface area contributed by atoms with Gasteiger partial charge in [-0.2, -0.15) is 0 Å². The number of fused-ring (bicyclic) bond motifs is 1. The Morgan fingerprint density at radius 2 is 1.53 bits per heavy atom. The summed E-state index contributed by atoms with van der Waals surface area (Å²) >= 11 is 0. The highest BCUT2D eigenvalue weighted by atomic mass is 16.5. The van der Waals surface area contributed by atoms with E-state index in [1.807, 2.05) is 35.2 Å². The number of amides is 2. The van der Waals surface area contributed by atoms with Crippen molar-refractivity contribution in [2.24, 2.45) is 11.1 Å². The van der Waals surface area contributed by atoms with Crippen LogP contribution in [-0.2, 0) is 22.4 Å². The van der Waals surface area contributed by atoms with E-state index in [-0.39, 0.29) is 18.4 Å². The molecule has 1 unspecified atom stereocenters. The first-order chi connectivity index (χ1) is 16.1. The van der Waals surface area contributed by atoms with Crippen LogP contribution in [0, 0.1) is 5.41 Å². The summed E-state index contributed by atoms with van der Waals surface area (Å²) in [6.45, 7) is 3.92. The molecule has 0 saturated carbocycles. The molecule has 0 bridgehead atoms. The first-order valence-electron chi connectivity index (χ1n) is 11.2. The van der Waals surface area contributed by atoms with E-state index in [2.05, 4.69) is 0 Å². The Morgan fingerprint density at radius 1 is 0.941 bits per heavy atom. The predicted octanol–water partition coefficient (Wildman–Crippen LogP) is 3.29. The molecular formula is C26H34N2O6. The molecule has 1 aliphatic heterocycles. The summed E-state index contributed by atoms with van der Waals surface area (Å²) in [7, 11) is 6.39. The van der Waals surface area contributed by atoms with Crippen LogP contribution in [0.15, 0.2) is 30.3 Å². The van der Waals surface area contributed by atoms with Crippen LogP contribution in [0.4, 0.5) is 0 Å². The molecule has 0 spiro atoms. The molecule has 1 heterocycles. The predicted molar refractivity (Wildman–Crippen MR) is 129 cm³/mol. The maximum absolute atomic E-state index is 13.4. The topological polar surface area (TPSA) is 100 Å². The second kappa shape index (κ2) is 10.2. The van der Waals surface area contributed by atoms with Crippen molar-refractivity contribution in [1.29, 1.82) is 0 Å². The number of carbonyl (C=O) groups excluding carboxylic acids is 2. The lowest BCUT2D eigenvalue weighted by Crippen LogP contribution is -2.44. The number of methoxy groups -OCH3 is 4. The van der Waals surface area contributed by atoms with Crippen molar-refractivity contribution >= 4 is 11.8 Å². The van der Waals surface area contributed by atoms with Gasteiger partial charge >= 0.3 is 0 Å². The van der Waals surface area contributed by atoms with Gasteiger partial charge in [0.25, 0.3) is 0 Å². The highest BCUT2D eigenvalue weighted by molar-refractivity contribution is 5.87. The fourth-order valence-electron chi connectivity index (χ4n) is 4.34. The lowest BCUT2D eigenvalue weighted by atomic mass is 9.84. The van der Waals surface area contributed by atoms with Crippen LogP contribution < -0.4 is 24.7 Å². The van der Waals surface area contributed by atoms with Gasteiger partial charge in [-0.1, -0.05) is 19.9 Å². The Morgan fingerprint density at radius 3 is 2.12 bits per heavy atom. The average Bonchev–Trinajstić information content (AvgIpc) is 2.82. The van der Waals surface area contributed by atoms with Crippen LogP contribution in [0.5, 0.6) is 23.0 Å². The average molecular weight is 471 g/mol. The molecule has 0 aromatic heterocycles. The summed E-state index contributed by atoms with van der Waals surface area (Å²) < 4.78 is 21.9. The van der Waals surface area contributed by atoms with Gasteiger partial charge in [0.15, 0.2) is 23.0 Å². The van der Waals surface area contributed by atoms with Gasteiger partial charge in [-0.3, -0.25) is 9.59 Å². The molecule has 8 heteroatoms. The number of benzene rings is 2. The second-order valence-corrected chi connectivity index (χ2v) is 9.08. The van der Waals surface area contributed by atoms with E-state index in [9.17, 15) is 9.59 Å². The van der Waals surface area contributed by atoms with E-state index in [1.165, 1.54) is 0 Å². The van der Waals surface area contributed by atoms with Crippen LogP contribution in [-0.4, -0.2) is 51.7 Å². The molecule has 2 amide bonds. The van der Waals surface area contributed by atoms with Crippen molar-refractivity contribution in [2.45, 2.75) is 39.2 Å². The van der Waals surface area contributed by atoms with E-state index in [4.69, 9.17) is 24.7 Å². The molecule has 2 aromatic carbocycles. The second-order valence-electron chi connectivity index (χ2n) is 9.08. The maximum atomic E-state index is 13.4. The molecule has 34 heavy (non-hydrogen) atoms. The van der Waals surface area contributed by atoms with Crippen molar-refractivity contribution in [3.8, 4) is 23.0 Å². The van der Waals surface area contributed by atoms with Gasteiger partial charge in [0.1, 0.15) is 0 Å². The van der Waals surface area contributed by atoms with Crippen LogP contribution >= 0.6 is 0 Å². The molecule has 1 aliphatic rings. The summed E-state index contributed by atoms with van der Waals surface area (Å²) in [6, 6.07) is 9.40. The van der Waals surface area contributed by atoms with Crippen LogP contribution in [0.3, 0.4) is 0 Å². The summed E-state index contributed by atoms with van der Waals surface area (Å²) in [5.74, 6) is 1.90. The molecule has 1 atom stereocenters. The first kappa shape index (κ1) is 25.2. The molecule has 2 N–H and O–H groups in total. The zero-order valence-electron chi connectivity index (χ0n) is 20.8. The van der Waals surface area contributed by atoms with Gasteiger partial charge in [0.2, 0.25) is 11.8 Å². The van der Waals surface area contributed by atoms with Crippen LogP contribution in [0.1, 0.15) is 43.0 Å². The SMILES string of the molecule is COc1ccc(CC2c3cc(OC)c(OC)cc3CCN2C(=O)CC(C)(C)C(N)=O)cc1OC. The number of ether oxygens (including phenoxy) is 4. The molecule has 8 nitrogen and oxygen atoms in total. The van der Waals surface area contributed by atoms with Gasteiger partial charge in [-0.15, -0.1) is 0 Å². The number of rotatable bonds is 9. The van der Waals surface area contributed by atoms with Crippen molar-refractivity contribution < 1.29 is 28.5 Å². The standard InChI is InChI=1S/C26H34N2O6/c1-26(2,25(27)30)15-24(29)28-10-9-17-13-22(33-5)23(34-6)14-18(17)19(28)11-16-7-8-20(31-3)21(12-16)32-4/h7-8,12-14,19H,9-11,15H2,1-6H3,(H2,27,30). The number of hydrogen-bond donors (Lipinski definition) is 1. The third-order valence-electron chi connectivity index (χ3n) is 6.46. The fourth-order valence-corrected chi connectivity index (χ4v) is 4.34. The summed E-state index contributed by atoms with van der Waals surface area (Å²) in [5.41, 5.74) is 7.68. The monoisotopic (exact) mass is 470 g/mol. The normalized spacial score (nSPS) is 15.4. The van der Waals surface area contributed by atoms with E-state index >= 15 is 0 Å².